The lowest BCUT2D eigenvalue weighted by molar-refractivity contribution is -0.166. The average Bonchev–Trinajstić information content (AvgIpc) is 3.58. The van der Waals surface area contributed by atoms with Crippen LogP contribution in [0.5, 0.6) is 0 Å². The van der Waals surface area contributed by atoms with Crippen LogP contribution >= 0.6 is 0 Å². The van der Waals surface area contributed by atoms with Gasteiger partial charge in [0, 0.05) is 19.5 Å². The molecule has 0 saturated heterocycles. The number of fused-ring (bicyclic) bond motifs is 3. The minimum atomic E-state index is -2.10. The number of rotatable bonds is 11. The number of carbonyl (C=O) groups excluding carboxylic acids is 3. The highest BCUT2D eigenvalue weighted by Crippen LogP contribution is 2.38. The summed E-state index contributed by atoms with van der Waals surface area (Å²) in [6, 6.07) is 12.4. The van der Waals surface area contributed by atoms with E-state index in [0.29, 0.717) is 5.56 Å². The molecule has 0 bridgehead atoms. The van der Waals surface area contributed by atoms with Gasteiger partial charge in [-0.15, -0.1) is 0 Å². The SMILES string of the molecule is CCOC(=O)C(Cc1ccc2c(c1)Cc1cc(CCNC3=NCCN3)ccc1-2)(NC(=O)OCC(C)(C)C)C(=O)OCC. The lowest BCUT2D eigenvalue weighted by Gasteiger charge is -2.30. The Morgan fingerprint density at radius 3 is 2.10 bits per heavy atom. The van der Waals surface area contributed by atoms with Gasteiger partial charge in [-0.3, -0.25) is 10.3 Å². The van der Waals surface area contributed by atoms with Gasteiger partial charge in [-0.25, -0.2) is 14.4 Å². The first-order valence-electron chi connectivity index (χ1n) is 14.6. The summed E-state index contributed by atoms with van der Waals surface area (Å²) in [6.07, 6.45) is 0.556. The van der Waals surface area contributed by atoms with Gasteiger partial charge in [-0.05, 0) is 65.5 Å². The number of hydrogen-bond donors (Lipinski definition) is 3. The van der Waals surface area contributed by atoms with Gasteiger partial charge in [0.1, 0.15) is 0 Å². The summed E-state index contributed by atoms with van der Waals surface area (Å²) in [5.41, 5.74) is 4.10. The van der Waals surface area contributed by atoms with Gasteiger partial charge < -0.3 is 24.8 Å². The summed E-state index contributed by atoms with van der Waals surface area (Å²) >= 11 is 0. The Hall–Kier alpha value is -4.08. The van der Waals surface area contributed by atoms with E-state index in [9.17, 15) is 14.4 Å². The van der Waals surface area contributed by atoms with Crippen LogP contribution in [0.15, 0.2) is 41.4 Å². The highest BCUT2D eigenvalue weighted by atomic mass is 16.6. The Morgan fingerprint density at radius 1 is 0.905 bits per heavy atom. The number of nitrogens with one attached hydrogen (secondary N) is 3. The molecule has 4 rings (SSSR count). The van der Waals surface area contributed by atoms with Gasteiger partial charge in [-0.2, -0.15) is 0 Å². The molecule has 0 unspecified atom stereocenters. The molecular weight excluding hydrogens is 536 g/mol. The number of benzene rings is 2. The largest absolute Gasteiger partial charge is 0.464 e. The number of nitrogens with zero attached hydrogens (tertiary/aromatic N) is 1. The quantitative estimate of drug-likeness (QED) is 0.179. The number of amides is 1. The fourth-order valence-corrected chi connectivity index (χ4v) is 5.11. The van der Waals surface area contributed by atoms with Crippen molar-refractivity contribution in [2.45, 2.75) is 59.4 Å². The molecule has 0 atom stereocenters. The van der Waals surface area contributed by atoms with E-state index in [-0.39, 0.29) is 31.7 Å². The molecule has 1 aliphatic heterocycles. The molecular formula is C32H42N4O6. The maximum Gasteiger partial charge on any atom is 0.408 e. The fraction of sp³-hybridized carbons (Fsp3) is 0.500. The number of carbonyl (C=O) groups is 3. The predicted molar refractivity (Wildman–Crippen MR) is 160 cm³/mol. The number of ether oxygens (including phenoxy) is 3. The first-order chi connectivity index (χ1) is 20.0. The molecule has 2 aliphatic rings. The molecule has 1 aliphatic carbocycles. The van der Waals surface area contributed by atoms with Gasteiger partial charge >= 0.3 is 18.0 Å². The maximum absolute atomic E-state index is 13.3. The fourth-order valence-electron chi connectivity index (χ4n) is 5.11. The number of aliphatic imine (C=N–C) groups is 1. The molecule has 10 nitrogen and oxygen atoms in total. The van der Waals surface area contributed by atoms with E-state index in [1.165, 1.54) is 16.7 Å². The van der Waals surface area contributed by atoms with Gasteiger partial charge in [0.05, 0.1) is 26.4 Å². The third-order valence-electron chi connectivity index (χ3n) is 7.06. The van der Waals surface area contributed by atoms with E-state index in [1.54, 1.807) is 13.8 Å². The molecule has 2 aromatic carbocycles. The third kappa shape index (κ3) is 7.40. The number of hydrogen-bond acceptors (Lipinski definition) is 9. The van der Waals surface area contributed by atoms with Crippen molar-refractivity contribution in [2.24, 2.45) is 10.4 Å². The third-order valence-corrected chi connectivity index (χ3v) is 7.06. The summed E-state index contributed by atoms with van der Waals surface area (Å²) in [4.78, 5) is 43.9. The van der Waals surface area contributed by atoms with Crippen LogP contribution in [0, 0.1) is 5.41 Å². The molecule has 0 fully saturated rings. The lowest BCUT2D eigenvalue weighted by atomic mass is 9.89. The lowest BCUT2D eigenvalue weighted by Crippen LogP contribution is -2.63. The Morgan fingerprint density at radius 2 is 1.52 bits per heavy atom. The summed E-state index contributed by atoms with van der Waals surface area (Å²) < 4.78 is 15.9. The van der Waals surface area contributed by atoms with Crippen molar-refractivity contribution in [3.63, 3.8) is 0 Å². The molecule has 42 heavy (non-hydrogen) atoms. The van der Waals surface area contributed by atoms with E-state index >= 15 is 0 Å². The van der Waals surface area contributed by atoms with Crippen molar-refractivity contribution in [1.29, 1.82) is 0 Å². The van der Waals surface area contributed by atoms with E-state index in [1.807, 2.05) is 39.0 Å². The second-order valence-electron chi connectivity index (χ2n) is 11.8. The van der Waals surface area contributed by atoms with Crippen molar-refractivity contribution in [3.8, 4) is 11.1 Å². The highest BCUT2D eigenvalue weighted by Gasteiger charge is 2.51. The van der Waals surface area contributed by atoms with E-state index in [0.717, 1.165) is 49.6 Å². The number of esters is 2. The van der Waals surface area contributed by atoms with Crippen molar-refractivity contribution in [1.82, 2.24) is 16.0 Å². The summed E-state index contributed by atoms with van der Waals surface area (Å²) in [6.45, 7) is 11.6. The maximum atomic E-state index is 13.3. The zero-order valence-electron chi connectivity index (χ0n) is 25.2. The minimum Gasteiger partial charge on any atom is -0.464 e. The molecule has 0 spiro atoms. The molecule has 2 aromatic rings. The van der Waals surface area contributed by atoms with E-state index in [2.05, 4.69) is 39.1 Å². The Bertz CT molecular complexity index is 1330. The summed E-state index contributed by atoms with van der Waals surface area (Å²) in [5.74, 6) is -0.927. The number of alkyl carbamates (subject to hydrolysis) is 1. The second kappa shape index (κ2) is 13.3. The minimum absolute atomic E-state index is 0.0285. The zero-order chi connectivity index (χ0) is 30.3. The van der Waals surface area contributed by atoms with Crippen molar-refractivity contribution < 1.29 is 28.6 Å². The van der Waals surface area contributed by atoms with Crippen LogP contribution < -0.4 is 16.0 Å². The topological polar surface area (TPSA) is 127 Å². The van der Waals surface area contributed by atoms with E-state index < -0.39 is 23.6 Å². The molecule has 0 saturated carbocycles. The predicted octanol–water partition coefficient (Wildman–Crippen LogP) is 3.53. The standard InChI is InChI=1S/C32H42N4O6/c1-6-40-27(37)32(28(38)41-7-2,36-30(39)42-20-31(3,4)5)19-22-9-11-26-24(17-22)18-23-16-21(8-10-25(23)26)12-13-33-29-34-14-15-35-29/h8-11,16-17H,6-7,12-15,18-20H2,1-5H3,(H,36,39)(H2,33,34,35). The van der Waals surface area contributed by atoms with Crippen LogP contribution in [0.25, 0.3) is 11.1 Å². The average molecular weight is 579 g/mol. The van der Waals surface area contributed by atoms with Crippen LogP contribution in [0.3, 0.4) is 0 Å². The van der Waals surface area contributed by atoms with Crippen LogP contribution in [0.4, 0.5) is 4.79 Å². The van der Waals surface area contributed by atoms with Gasteiger partial charge in [0.2, 0.25) is 5.54 Å². The Kier molecular flexibility index (Phi) is 9.75. The normalized spacial score (nSPS) is 13.8. The highest BCUT2D eigenvalue weighted by molar-refractivity contribution is 6.07. The molecule has 0 radical (unpaired) electrons. The first kappa shape index (κ1) is 30.9. The molecule has 0 aromatic heterocycles. The summed E-state index contributed by atoms with van der Waals surface area (Å²) in [7, 11) is 0. The van der Waals surface area contributed by atoms with Crippen LogP contribution in [-0.2, 0) is 43.1 Å². The summed E-state index contributed by atoms with van der Waals surface area (Å²) in [5, 5.41) is 9.08. The molecule has 1 amide bonds. The number of guanidine groups is 1. The van der Waals surface area contributed by atoms with Crippen molar-refractivity contribution >= 4 is 24.0 Å². The molecule has 1 heterocycles. The molecule has 3 N–H and O–H groups in total. The van der Waals surface area contributed by atoms with Crippen LogP contribution in [0.2, 0.25) is 0 Å². The van der Waals surface area contributed by atoms with Crippen molar-refractivity contribution in [3.05, 3.63) is 58.7 Å². The van der Waals surface area contributed by atoms with Crippen LogP contribution in [-0.4, -0.2) is 69.0 Å². The van der Waals surface area contributed by atoms with E-state index in [4.69, 9.17) is 14.2 Å². The Balaban J connectivity index is 1.54. The molecule has 10 heteroatoms. The van der Waals surface area contributed by atoms with Gasteiger partial charge in [0.15, 0.2) is 5.96 Å². The second-order valence-corrected chi connectivity index (χ2v) is 11.8. The first-order valence-corrected chi connectivity index (χ1v) is 14.6. The monoisotopic (exact) mass is 578 g/mol. The zero-order valence-corrected chi connectivity index (χ0v) is 25.2. The molecule has 226 valence electrons. The van der Waals surface area contributed by atoms with Gasteiger partial charge in [0.25, 0.3) is 0 Å². The smallest absolute Gasteiger partial charge is 0.408 e. The Labute approximate surface area is 247 Å². The van der Waals surface area contributed by atoms with Crippen molar-refractivity contribution in [2.75, 3.05) is 39.5 Å². The van der Waals surface area contributed by atoms with Gasteiger partial charge in [-0.1, -0.05) is 57.2 Å². The van der Waals surface area contributed by atoms with Crippen LogP contribution in [0.1, 0.15) is 56.9 Å².